The molecule has 0 unspecified atom stereocenters. The molecule has 4 rings (SSSR count). The number of amides is 2. The van der Waals surface area contributed by atoms with Crippen LogP contribution < -0.4 is 11.1 Å². The normalized spacial score (nSPS) is 24.8. The predicted molar refractivity (Wildman–Crippen MR) is 113 cm³/mol. The Balaban J connectivity index is 1.72. The van der Waals surface area contributed by atoms with E-state index in [9.17, 15) is 4.79 Å². The Kier molecular flexibility index (Phi) is 5.40. The topological polar surface area (TPSA) is 58.4 Å². The van der Waals surface area contributed by atoms with Crippen LogP contribution in [-0.2, 0) is 5.41 Å². The van der Waals surface area contributed by atoms with Crippen molar-refractivity contribution in [1.29, 1.82) is 0 Å². The average molecular weight is 378 g/mol. The van der Waals surface area contributed by atoms with E-state index in [-0.39, 0.29) is 5.41 Å². The molecule has 2 aromatic carbocycles. The maximum atomic E-state index is 11.7. The van der Waals surface area contributed by atoms with Crippen LogP contribution in [0.4, 0.5) is 4.79 Å². The van der Waals surface area contributed by atoms with Crippen molar-refractivity contribution < 1.29 is 4.79 Å². The molecular formula is C24H31N3O. The third-order valence-corrected chi connectivity index (χ3v) is 7.05. The van der Waals surface area contributed by atoms with Gasteiger partial charge in [0.25, 0.3) is 0 Å². The summed E-state index contributed by atoms with van der Waals surface area (Å²) < 4.78 is 0. The second kappa shape index (κ2) is 7.96. The minimum Gasteiger partial charge on any atom is -0.352 e. The van der Waals surface area contributed by atoms with Crippen molar-refractivity contribution in [2.45, 2.75) is 49.6 Å². The second-order valence-electron chi connectivity index (χ2n) is 8.62. The first-order chi connectivity index (χ1) is 13.6. The lowest BCUT2D eigenvalue weighted by Crippen LogP contribution is -2.47. The molecule has 3 N–H and O–H groups in total. The van der Waals surface area contributed by atoms with E-state index in [0.29, 0.717) is 24.5 Å². The SMILES string of the molecule is CN1[C@@H]2CC[C@@H]1CC(CC(CNC(N)=O)(c1ccccc1)c1ccccc1)C2. The Hall–Kier alpha value is -2.33. The molecule has 4 heteroatoms. The second-order valence-corrected chi connectivity index (χ2v) is 8.62. The van der Waals surface area contributed by atoms with E-state index in [0.717, 1.165) is 6.42 Å². The maximum Gasteiger partial charge on any atom is 0.312 e. The first kappa shape index (κ1) is 19.0. The van der Waals surface area contributed by atoms with E-state index in [1.165, 1.54) is 36.8 Å². The van der Waals surface area contributed by atoms with Gasteiger partial charge in [0.15, 0.2) is 0 Å². The molecule has 2 fully saturated rings. The van der Waals surface area contributed by atoms with Crippen LogP contribution in [0.15, 0.2) is 60.7 Å². The third kappa shape index (κ3) is 3.66. The van der Waals surface area contributed by atoms with Gasteiger partial charge >= 0.3 is 6.03 Å². The van der Waals surface area contributed by atoms with Crippen molar-refractivity contribution in [2.24, 2.45) is 11.7 Å². The summed E-state index contributed by atoms with van der Waals surface area (Å²) in [6.07, 6.45) is 6.15. The number of carbonyl (C=O) groups excluding carboxylic acids is 1. The van der Waals surface area contributed by atoms with Crippen LogP contribution in [0.2, 0.25) is 0 Å². The molecule has 2 aromatic rings. The van der Waals surface area contributed by atoms with Crippen molar-refractivity contribution in [3.63, 3.8) is 0 Å². The number of nitrogens with zero attached hydrogens (tertiary/aromatic N) is 1. The number of hydrogen-bond acceptors (Lipinski definition) is 2. The van der Waals surface area contributed by atoms with Crippen LogP contribution in [0.3, 0.4) is 0 Å². The quantitative estimate of drug-likeness (QED) is 0.802. The minimum absolute atomic E-state index is 0.266. The molecule has 4 nitrogen and oxygen atoms in total. The monoisotopic (exact) mass is 377 g/mol. The van der Waals surface area contributed by atoms with E-state index in [1.807, 2.05) is 0 Å². The van der Waals surface area contributed by atoms with E-state index in [1.54, 1.807) is 0 Å². The Morgan fingerprint density at radius 2 is 1.50 bits per heavy atom. The molecule has 2 aliphatic rings. The number of urea groups is 1. The van der Waals surface area contributed by atoms with Crippen LogP contribution in [0.5, 0.6) is 0 Å². The van der Waals surface area contributed by atoms with Crippen molar-refractivity contribution in [3.8, 4) is 0 Å². The van der Waals surface area contributed by atoms with E-state index in [4.69, 9.17) is 5.73 Å². The van der Waals surface area contributed by atoms with Gasteiger partial charge in [-0.25, -0.2) is 4.79 Å². The van der Waals surface area contributed by atoms with E-state index >= 15 is 0 Å². The van der Waals surface area contributed by atoms with Gasteiger partial charge in [0.1, 0.15) is 0 Å². The molecule has 2 aliphatic heterocycles. The Morgan fingerprint density at radius 3 is 1.96 bits per heavy atom. The first-order valence-electron chi connectivity index (χ1n) is 10.4. The zero-order valence-corrected chi connectivity index (χ0v) is 16.7. The smallest absolute Gasteiger partial charge is 0.312 e. The fourth-order valence-electron chi connectivity index (χ4n) is 5.61. The maximum absolute atomic E-state index is 11.7. The number of nitrogens with two attached hydrogens (primary N) is 1. The predicted octanol–water partition coefficient (Wildman–Crippen LogP) is 3.90. The van der Waals surface area contributed by atoms with Gasteiger partial charge in [0.05, 0.1) is 0 Å². The number of hydrogen-bond donors (Lipinski definition) is 2. The first-order valence-corrected chi connectivity index (χ1v) is 10.4. The summed E-state index contributed by atoms with van der Waals surface area (Å²) in [5.41, 5.74) is 7.74. The molecule has 2 atom stereocenters. The number of nitrogens with one attached hydrogen (secondary N) is 1. The molecule has 0 aromatic heterocycles. The van der Waals surface area contributed by atoms with Gasteiger partial charge in [-0.05, 0) is 56.2 Å². The fraction of sp³-hybridized carbons (Fsp3) is 0.458. The highest BCUT2D eigenvalue weighted by Gasteiger charge is 2.43. The number of piperidine rings is 1. The van der Waals surface area contributed by atoms with E-state index in [2.05, 4.69) is 77.9 Å². The molecule has 0 spiro atoms. The molecule has 2 bridgehead atoms. The molecule has 0 saturated carbocycles. The van der Waals surface area contributed by atoms with Crippen molar-refractivity contribution in [2.75, 3.05) is 13.6 Å². The average Bonchev–Trinajstić information content (AvgIpc) is 2.93. The van der Waals surface area contributed by atoms with Gasteiger partial charge in [-0.3, -0.25) is 0 Å². The van der Waals surface area contributed by atoms with Crippen LogP contribution >= 0.6 is 0 Å². The number of rotatable bonds is 6. The van der Waals surface area contributed by atoms with Gasteiger partial charge in [0, 0.05) is 24.0 Å². The Bertz CT molecular complexity index is 739. The van der Waals surface area contributed by atoms with Crippen molar-refractivity contribution in [3.05, 3.63) is 71.8 Å². The summed E-state index contributed by atoms with van der Waals surface area (Å²) in [4.78, 5) is 14.3. The third-order valence-electron chi connectivity index (χ3n) is 7.05. The number of primary amides is 1. The van der Waals surface area contributed by atoms with E-state index < -0.39 is 6.03 Å². The summed E-state index contributed by atoms with van der Waals surface area (Å²) in [6.45, 7) is 0.526. The van der Waals surface area contributed by atoms with Crippen LogP contribution in [0, 0.1) is 5.92 Å². The van der Waals surface area contributed by atoms with Gasteiger partial charge < -0.3 is 16.0 Å². The van der Waals surface area contributed by atoms with Crippen LogP contribution in [0.1, 0.15) is 43.2 Å². The molecule has 2 saturated heterocycles. The lowest BCUT2D eigenvalue weighted by atomic mass is 9.67. The lowest BCUT2D eigenvalue weighted by molar-refractivity contribution is 0.118. The highest BCUT2D eigenvalue weighted by Crippen LogP contribution is 2.45. The van der Waals surface area contributed by atoms with Gasteiger partial charge in [-0.2, -0.15) is 0 Å². The van der Waals surface area contributed by atoms with Crippen LogP contribution in [-0.4, -0.2) is 36.6 Å². The summed E-state index contributed by atoms with van der Waals surface area (Å²) in [5.74, 6) is 0.642. The highest BCUT2D eigenvalue weighted by atomic mass is 16.2. The zero-order chi connectivity index (χ0) is 19.6. The van der Waals surface area contributed by atoms with Gasteiger partial charge in [-0.15, -0.1) is 0 Å². The minimum atomic E-state index is -0.459. The standard InChI is InChI=1S/C24H31N3O/c1-27-21-12-13-22(27)15-18(14-21)16-24(17-26-23(25)28,19-8-4-2-5-9-19)20-10-6-3-7-11-20/h2-11,18,21-22H,12-17H2,1H3,(H3,25,26,28)/t21-,22-/m1/s1. The molecule has 2 heterocycles. The van der Waals surface area contributed by atoms with Gasteiger partial charge in [-0.1, -0.05) is 60.7 Å². The van der Waals surface area contributed by atoms with Crippen LogP contribution in [0.25, 0.3) is 0 Å². The largest absolute Gasteiger partial charge is 0.352 e. The molecule has 0 radical (unpaired) electrons. The zero-order valence-electron chi connectivity index (χ0n) is 16.7. The highest BCUT2D eigenvalue weighted by molar-refractivity contribution is 5.72. The van der Waals surface area contributed by atoms with Crippen molar-refractivity contribution in [1.82, 2.24) is 10.2 Å². The number of benzene rings is 2. The molecule has 148 valence electrons. The summed E-state index contributed by atoms with van der Waals surface area (Å²) in [5, 5.41) is 2.95. The summed E-state index contributed by atoms with van der Waals surface area (Å²) >= 11 is 0. The lowest BCUT2D eigenvalue weighted by Gasteiger charge is -2.43. The molecular weight excluding hydrogens is 346 g/mol. The molecule has 0 aliphatic carbocycles. The Morgan fingerprint density at radius 1 is 1.00 bits per heavy atom. The van der Waals surface area contributed by atoms with Crippen molar-refractivity contribution >= 4 is 6.03 Å². The Labute approximate surface area is 168 Å². The molecule has 2 amide bonds. The summed E-state index contributed by atoms with van der Waals surface area (Å²) in [6, 6.07) is 22.2. The molecule has 28 heavy (non-hydrogen) atoms. The number of carbonyl (C=O) groups is 1. The fourth-order valence-corrected chi connectivity index (χ4v) is 5.61. The van der Waals surface area contributed by atoms with Gasteiger partial charge in [0.2, 0.25) is 0 Å². The summed E-state index contributed by atoms with van der Waals surface area (Å²) in [7, 11) is 2.29. The number of fused-ring (bicyclic) bond motifs is 2.